The van der Waals surface area contributed by atoms with Crippen LogP contribution in [0.5, 0.6) is 5.75 Å². The maximum Gasteiger partial charge on any atom is 0.279 e. The van der Waals surface area contributed by atoms with Gasteiger partial charge in [-0.25, -0.2) is 5.01 Å². The van der Waals surface area contributed by atoms with E-state index in [1.807, 2.05) is 50.2 Å². The number of carbonyl (C=O) groups is 2. The average Bonchev–Trinajstić information content (AvgIpc) is 2.67. The molecule has 2 amide bonds. The lowest BCUT2D eigenvalue weighted by Crippen LogP contribution is -2.59. The number of hydrazine groups is 1. The van der Waals surface area contributed by atoms with Crippen molar-refractivity contribution in [2.75, 3.05) is 5.32 Å². The van der Waals surface area contributed by atoms with Crippen LogP contribution in [0.25, 0.3) is 0 Å². The van der Waals surface area contributed by atoms with E-state index >= 15 is 0 Å². The van der Waals surface area contributed by atoms with Crippen molar-refractivity contribution >= 4 is 33.4 Å². The van der Waals surface area contributed by atoms with Crippen LogP contribution in [-0.4, -0.2) is 29.1 Å². The van der Waals surface area contributed by atoms with Gasteiger partial charge in [0.1, 0.15) is 11.9 Å². The van der Waals surface area contributed by atoms with Crippen molar-refractivity contribution in [2.24, 2.45) is 0 Å². The van der Waals surface area contributed by atoms with Crippen molar-refractivity contribution in [1.29, 1.82) is 0 Å². The highest BCUT2D eigenvalue weighted by Gasteiger charge is 2.34. The summed E-state index contributed by atoms with van der Waals surface area (Å²) in [4.78, 5) is 25.8. The summed E-state index contributed by atoms with van der Waals surface area (Å²) in [5.41, 5.74) is 4.96. The Balaban J connectivity index is 1.77. The number of ether oxygens (including phenoxy) is 1. The first kappa shape index (κ1) is 20.2. The van der Waals surface area contributed by atoms with E-state index < -0.39 is 6.10 Å². The maximum atomic E-state index is 13.0. The number of aryl methyl sites for hydroxylation is 1. The van der Waals surface area contributed by atoms with Crippen molar-refractivity contribution in [2.45, 2.75) is 45.9 Å². The number of benzene rings is 2. The molecular formula is C21H24BrN3O3. The van der Waals surface area contributed by atoms with Crippen LogP contribution < -0.4 is 15.5 Å². The van der Waals surface area contributed by atoms with Crippen molar-refractivity contribution in [3.8, 4) is 5.75 Å². The minimum absolute atomic E-state index is 0.245. The number of anilines is 1. The van der Waals surface area contributed by atoms with Gasteiger partial charge in [0.15, 0.2) is 6.10 Å². The normalized spacial score (nSPS) is 16.8. The molecule has 2 N–H and O–H groups in total. The highest BCUT2D eigenvalue weighted by Crippen LogP contribution is 2.29. The summed E-state index contributed by atoms with van der Waals surface area (Å²) in [7, 11) is 0. The summed E-state index contributed by atoms with van der Waals surface area (Å²) in [6.07, 6.45) is 0.494. The van der Waals surface area contributed by atoms with Gasteiger partial charge in [-0.05, 0) is 50.1 Å². The van der Waals surface area contributed by atoms with Crippen LogP contribution in [0.15, 0.2) is 46.9 Å². The summed E-state index contributed by atoms with van der Waals surface area (Å²) >= 11 is 3.40. The van der Waals surface area contributed by atoms with Crippen LogP contribution in [0.2, 0.25) is 0 Å². The van der Waals surface area contributed by atoms with Gasteiger partial charge in [0.05, 0.1) is 5.56 Å². The summed E-state index contributed by atoms with van der Waals surface area (Å²) < 4.78 is 6.59. The minimum atomic E-state index is -0.750. The number of carbonyl (C=O) groups excluding carboxylic acids is 2. The molecule has 1 heterocycles. The van der Waals surface area contributed by atoms with Crippen LogP contribution in [-0.2, 0) is 4.79 Å². The lowest BCUT2D eigenvalue weighted by Gasteiger charge is -2.38. The number of amides is 2. The number of rotatable bonds is 6. The number of halogens is 1. The van der Waals surface area contributed by atoms with E-state index in [1.165, 1.54) is 5.01 Å². The zero-order chi connectivity index (χ0) is 20.3. The van der Waals surface area contributed by atoms with E-state index in [2.05, 4.69) is 26.7 Å². The molecule has 0 spiro atoms. The van der Waals surface area contributed by atoms with E-state index in [1.54, 1.807) is 13.0 Å². The molecule has 0 radical (unpaired) electrons. The molecule has 2 aromatic rings. The second kappa shape index (κ2) is 8.65. The molecule has 148 valence electrons. The fourth-order valence-corrected chi connectivity index (χ4v) is 3.44. The van der Waals surface area contributed by atoms with Gasteiger partial charge in [-0.15, -0.1) is 0 Å². The largest absolute Gasteiger partial charge is 0.481 e. The molecular weight excluding hydrogens is 422 g/mol. The predicted octanol–water partition coefficient (Wildman–Crippen LogP) is 4.25. The van der Waals surface area contributed by atoms with Gasteiger partial charge in [0.2, 0.25) is 0 Å². The van der Waals surface area contributed by atoms with Gasteiger partial charge in [0, 0.05) is 10.2 Å². The summed E-state index contributed by atoms with van der Waals surface area (Å²) in [5, 5.41) is 4.71. The molecule has 0 fully saturated rings. The molecule has 2 atom stereocenters. The van der Waals surface area contributed by atoms with E-state index in [4.69, 9.17) is 4.74 Å². The fourth-order valence-electron chi connectivity index (χ4n) is 3.08. The van der Waals surface area contributed by atoms with Gasteiger partial charge in [-0.1, -0.05) is 47.5 Å². The first-order valence-electron chi connectivity index (χ1n) is 9.33. The summed E-state index contributed by atoms with van der Waals surface area (Å²) in [5.74, 6) is 0.0236. The second-order valence-corrected chi connectivity index (χ2v) is 7.73. The number of nitrogens with zero attached hydrogens (tertiary/aromatic N) is 1. The Morgan fingerprint density at radius 3 is 2.79 bits per heavy atom. The van der Waals surface area contributed by atoms with Gasteiger partial charge in [0.25, 0.3) is 11.8 Å². The SMILES string of the molecule is CCCC1Nc2ccc(Br)cc2C(=O)N1NC(=O)C(C)Oc1ccccc1C. The Bertz CT molecular complexity index is 887. The summed E-state index contributed by atoms with van der Waals surface area (Å²) in [6, 6.07) is 13.0. The molecule has 0 bridgehead atoms. The topological polar surface area (TPSA) is 70.7 Å². The fraction of sp³-hybridized carbons (Fsp3) is 0.333. The Hall–Kier alpha value is -2.54. The molecule has 1 aliphatic rings. The van der Waals surface area contributed by atoms with E-state index in [0.717, 1.165) is 22.1 Å². The number of nitrogens with one attached hydrogen (secondary N) is 2. The predicted molar refractivity (Wildman–Crippen MR) is 112 cm³/mol. The Kier molecular flexibility index (Phi) is 6.24. The summed E-state index contributed by atoms with van der Waals surface area (Å²) in [6.45, 7) is 5.63. The van der Waals surface area contributed by atoms with Crippen LogP contribution in [0, 0.1) is 6.92 Å². The standard InChI is InChI=1S/C21H24BrN3O3/c1-4-7-19-23-17-11-10-15(22)12-16(17)21(27)25(19)24-20(26)14(3)28-18-9-6-5-8-13(18)2/h5-6,8-12,14,19,23H,4,7H2,1-3H3,(H,24,26). The molecule has 0 aromatic heterocycles. The maximum absolute atomic E-state index is 13.0. The van der Waals surface area contributed by atoms with Crippen LogP contribution in [0.4, 0.5) is 5.69 Å². The molecule has 0 saturated carbocycles. The van der Waals surface area contributed by atoms with E-state index in [9.17, 15) is 9.59 Å². The Labute approximate surface area is 173 Å². The van der Waals surface area contributed by atoms with E-state index in [-0.39, 0.29) is 18.0 Å². The smallest absolute Gasteiger partial charge is 0.279 e. The van der Waals surface area contributed by atoms with Crippen molar-refractivity contribution in [1.82, 2.24) is 10.4 Å². The first-order chi connectivity index (χ1) is 13.4. The van der Waals surface area contributed by atoms with Crippen molar-refractivity contribution in [3.05, 3.63) is 58.1 Å². The van der Waals surface area contributed by atoms with Crippen molar-refractivity contribution in [3.63, 3.8) is 0 Å². The molecule has 7 heteroatoms. The molecule has 0 aliphatic carbocycles. The molecule has 28 heavy (non-hydrogen) atoms. The van der Waals surface area contributed by atoms with Crippen LogP contribution >= 0.6 is 15.9 Å². The monoisotopic (exact) mass is 445 g/mol. The van der Waals surface area contributed by atoms with Crippen LogP contribution in [0.3, 0.4) is 0 Å². The Morgan fingerprint density at radius 2 is 2.07 bits per heavy atom. The third-order valence-corrected chi connectivity index (χ3v) is 5.12. The molecule has 2 aromatic carbocycles. The zero-order valence-corrected chi connectivity index (χ0v) is 17.7. The Morgan fingerprint density at radius 1 is 1.32 bits per heavy atom. The van der Waals surface area contributed by atoms with Gasteiger partial charge < -0.3 is 10.1 Å². The minimum Gasteiger partial charge on any atom is -0.481 e. The molecule has 2 unspecified atom stereocenters. The van der Waals surface area contributed by atoms with Crippen LogP contribution in [0.1, 0.15) is 42.6 Å². The first-order valence-corrected chi connectivity index (χ1v) is 10.1. The number of para-hydroxylation sites is 1. The lowest BCUT2D eigenvalue weighted by molar-refractivity contribution is -0.132. The highest BCUT2D eigenvalue weighted by atomic mass is 79.9. The van der Waals surface area contributed by atoms with Gasteiger partial charge in [-0.2, -0.15) is 0 Å². The molecule has 6 nitrogen and oxygen atoms in total. The van der Waals surface area contributed by atoms with Crippen molar-refractivity contribution < 1.29 is 14.3 Å². The highest BCUT2D eigenvalue weighted by molar-refractivity contribution is 9.10. The number of fused-ring (bicyclic) bond motifs is 1. The number of hydrogen-bond acceptors (Lipinski definition) is 4. The molecule has 3 rings (SSSR count). The third-order valence-electron chi connectivity index (χ3n) is 4.62. The second-order valence-electron chi connectivity index (χ2n) is 6.82. The quantitative estimate of drug-likeness (QED) is 0.696. The zero-order valence-electron chi connectivity index (χ0n) is 16.2. The molecule has 0 saturated heterocycles. The average molecular weight is 446 g/mol. The molecule has 1 aliphatic heterocycles. The number of hydrogen-bond donors (Lipinski definition) is 2. The third kappa shape index (κ3) is 4.30. The van der Waals surface area contributed by atoms with Gasteiger partial charge in [-0.3, -0.25) is 15.0 Å². The van der Waals surface area contributed by atoms with E-state index in [0.29, 0.717) is 17.7 Å². The van der Waals surface area contributed by atoms with Gasteiger partial charge >= 0.3 is 0 Å². The lowest BCUT2D eigenvalue weighted by atomic mass is 10.1.